The van der Waals surface area contributed by atoms with Crippen molar-refractivity contribution in [2.45, 2.75) is 20.5 Å². The molecule has 0 aromatic heterocycles. The van der Waals surface area contributed by atoms with Gasteiger partial charge in [-0.25, -0.2) is 0 Å². The van der Waals surface area contributed by atoms with Crippen molar-refractivity contribution in [3.63, 3.8) is 0 Å². The van der Waals surface area contributed by atoms with E-state index in [9.17, 15) is 0 Å². The minimum absolute atomic E-state index is 0.228. The molecule has 28 heavy (non-hydrogen) atoms. The van der Waals surface area contributed by atoms with E-state index >= 15 is 0 Å². The van der Waals surface area contributed by atoms with Gasteiger partial charge in [0.15, 0.2) is 5.75 Å². The first-order valence-corrected chi connectivity index (χ1v) is 10.0. The molecule has 0 radical (unpaired) electrons. The summed E-state index contributed by atoms with van der Waals surface area (Å²) in [6.45, 7) is 4.28. The molecular formula is C22H17Cl4NO. The molecule has 0 amide bonds. The third-order valence-electron chi connectivity index (χ3n) is 4.13. The Labute approximate surface area is 184 Å². The SMILES string of the molecule is Cc1ccc(C)c(N=Cc2cc(Cl)c(OCc3ccc(Cl)cc3Cl)c(Cl)c2)c1. The third kappa shape index (κ3) is 5.21. The van der Waals surface area contributed by atoms with Crippen LogP contribution in [0, 0.1) is 13.8 Å². The molecule has 3 rings (SSSR count). The first kappa shape index (κ1) is 21.0. The lowest BCUT2D eigenvalue weighted by Gasteiger charge is -2.12. The Kier molecular flexibility index (Phi) is 6.90. The zero-order valence-corrected chi connectivity index (χ0v) is 18.3. The van der Waals surface area contributed by atoms with Crippen molar-refractivity contribution < 1.29 is 4.74 Å². The molecule has 0 atom stereocenters. The second-order valence-corrected chi connectivity index (χ2v) is 8.04. The van der Waals surface area contributed by atoms with Crippen LogP contribution < -0.4 is 4.74 Å². The molecule has 3 aromatic carbocycles. The van der Waals surface area contributed by atoms with Gasteiger partial charge in [0.05, 0.1) is 15.7 Å². The van der Waals surface area contributed by atoms with Gasteiger partial charge in [0.2, 0.25) is 0 Å². The fourth-order valence-corrected chi connectivity index (χ4v) is 3.66. The lowest BCUT2D eigenvalue weighted by molar-refractivity contribution is 0.306. The van der Waals surface area contributed by atoms with Gasteiger partial charge in [-0.2, -0.15) is 0 Å². The molecule has 0 fully saturated rings. The van der Waals surface area contributed by atoms with Crippen molar-refractivity contribution in [1.29, 1.82) is 0 Å². The van der Waals surface area contributed by atoms with E-state index in [0.29, 0.717) is 25.8 Å². The zero-order valence-electron chi connectivity index (χ0n) is 15.3. The van der Waals surface area contributed by atoms with Crippen molar-refractivity contribution in [3.8, 4) is 5.75 Å². The number of aryl methyl sites for hydroxylation is 2. The Morgan fingerprint density at radius 2 is 1.57 bits per heavy atom. The maximum absolute atomic E-state index is 6.38. The second-order valence-electron chi connectivity index (χ2n) is 6.39. The van der Waals surface area contributed by atoms with E-state index in [-0.39, 0.29) is 6.61 Å². The van der Waals surface area contributed by atoms with Crippen LogP contribution in [-0.2, 0) is 6.61 Å². The predicted molar refractivity (Wildman–Crippen MR) is 120 cm³/mol. The van der Waals surface area contributed by atoms with Crippen molar-refractivity contribution in [2.75, 3.05) is 0 Å². The van der Waals surface area contributed by atoms with E-state index in [2.05, 4.69) is 11.1 Å². The van der Waals surface area contributed by atoms with Gasteiger partial charge in [-0.1, -0.05) is 64.6 Å². The van der Waals surface area contributed by atoms with E-state index < -0.39 is 0 Å². The quantitative estimate of drug-likeness (QED) is 0.357. The van der Waals surface area contributed by atoms with E-state index in [1.807, 2.05) is 26.0 Å². The van der Waals surface area contributed by atoms with Crippen molar-refractivity contribution in [3.05, 3.63) is 90.9 Å². The molecule has 0 spiro atoms. The summed E-state index contributed by atoms with van der Waals surface area (Å²) in [5.41, 5.74) is 4.73. The summed E-state index contributed by atoms with van der Waals surface area (Å²) in [4.78, 5) is 4.55. The van der Waals surface area contributed by atoms with Gasteiger partial charge in [0.25, 0.3) is 0 Å². The summed E-state index contributed by atoms with van der Waals surface area (Å²) in [5, 5.41) is 1.90. The second kappa shape index (κ2) is 9.19. The number of ether oxygens (including phenoxy) is 1. The molecule has 0 heterocycles. The Morgan fingerprint density at radius 3 is 2.25 bits per heavy atom. The van der Waals surface area contributed by atoms with Gasteiger partial charge in [0, 0.05) is 21.8 Å². The van der Waals surface area contributed by atoms with Crippen LogP contribution in [0.5, 0.6) is 5.75 Å². The van der Waals surface area contributed by atoms with E-state index in [0.717, 1.165) is 27.9 Å². The van der Waals surface area contributed by atoms with Gasteiger partial charge < -0.3 is 4.74 Å². The molecule has 0 unspecified atom stereocenters. The molecule has 0 aliphatic rings. The summed E-state index contributed by atoms with van der Waals surface area (Å²) >= 11 is 24.8. The number of aliphatic imine (C=N–C) groups is 1. The topological polar surface area (TPSA) is 21.6 Å². The van der Waals surface area contributed by atoms with Gasteiger partial charge >= 0.3 is 0 Å². The first-order chi connectivity index (χ1) is 13.3. The summed E-state index contributed by atoms with van der Waals surface area (Å²) in [6, 6.07) is 14.9. The number of hydrogen-bond acceptors (Lipinski definition) is 2. The highest BCUT2D eigenvalue weighted by Gasteiger charge is 2.11. The molecular weight excluding hydrogens is 436 g/mol. The number of hydrogen-bond donors (Lipinski definition) is 0. The van der Waals surface area contributed by atoms with Crippen LogP contribution in [0.4, 0.5) is 5.69 Å². The number of rotatable bonds is 5. The van der Waals surface area contributed by atoms with Gasteiger partial charge in [-0.3, -0.25) is 4.99 Å². The highest BCUT2D eigenvalue weighted by molar-refractivity contribution is 6.37. The Hall–Kier alpha value is -1.71. The highest BCUT2D eigenvalue weighted by Crippen LogP contribution is 2.35. The average molecular weight is 453 g/mol. The van der Waals surface area contributed by atoms with Gasteiger partial charge in [-0.05, 0) is 60.9 Å². The normalized spacial score (nSPS) is 11.2. The van der Waals surface area contributed by atoms with Gasteiger partial charge in [-0.15, -0.1) is 0 Å². The number of halogens is 4. The highest BCUT2D eigenvalue weighted by atomic mass is 35.5. The Balaban J connectivity index is 1.79. The molecule has 3 aromatic rings. The maximum atomic E-state index is 6.38. The first-order valence-electron chi connectivity index (χ1n) is 8.50. The fourth-order valence-electron chi connectivity index (χ4n) is 2.58. The van der Waals surface area contributed by atoms with E-state index in [4.69, 9.17) is 51.1 Å². The van der Waals surface area contributed by atoms with Crippen LogP contribution in [0.2, 0.25) is 20.1 Å². The number of nitrogens with zero attached hydrogens (tertiary/aromatic N) is 1. The van der Waals surface area contributed by atoms with Crippen molar-refractivity contribution in [2.24, 2.45) is 4.99 Å². The molecule has 0 aliphatic carbocycles. The lowest BCUT2D eigenvalue weighted by atomic mass is 10.1. The van der Waals surface area contributed by atoms with Crippen LogP contribution >= 0.6 is 46.4 Å². The summed E-state index contributed by atoms with van der Waals surface area (Å²) in [6.07, 6.45) is 1.74. The zero-order chi connectivity index (χ0) is 20.3. The molecule has 0 aliphatic heterocycles. The van der Waals surface area contributed by atoms with Gasteiger partial charge in [0.1, 0.15) is 6.61 Å². The van der Waals surface area contributed by atoms with Crippen LogP contribution in [0.1, 0.15) is 22.3 Å². The largest absolute Gasteiger partial charge is 0.486 e. The summed E-state index contributed by atoms with van der Waals surface area (Å²) in [5.74, 6) is 0.401. The Morgan fingerprint density at radius 1 is 0.857 bits per heavy atom. The smallest absolute Gasteiger partial charge is 0.157 e. The van der Waals surface area contributed by atoms with E-state index in [1.54, 1.807) is 36.5 Å². The van der Waals surface area contributed by atoms with Crippen LogP contribution in [0.3, 0.4) is 0 Å². The summed E-state index contributed by atoms with van der Waals surface area (Å²) < 4.78 is 5.79. The molecule has 0 bridgehead atoms. The Bertz CT molecular complexity index is 1020. The molecule has 0 saturated heterocycles. The minimum Gasteiger partial charge on any atom is -0.486 e. The molecule has 0 saturated carbocycles. The molecule has 144 valence electrons. The minimum atomic E-state index is 0.228. The molecule has 0 N–H and O–H groups in total. The third-order valence-corrected chi connectivity index (χ3v) is 5.27. The van der Waals surface area contributed by atoms with Crippen LogP contribution in [0.15, 0.2) is 53.5 Å². The van der Waals surface area contributed by atoms with Crippen LogP contribution in [-0.4, -0.2) is 6.21 Å². The monoisotopic (exact) mass is 451 g/mol. The predicted octanol–water partition coefficient (Wildman–Crippen LogP) is 8.25. The van der Waals surface area contributed by atoms with Crippen LogP contribution in [0.25, 0.3) is 0 Å². The molecule has 6 heteroatoms. The summed E-state index contributed by atoms with van der Waals surface area (Å²) in [7, 11) is 0. The lowest BCUT2D eigenvalue weighted by Crippen LogP contribution is -1.98. The molecule has 2 nitrogen and oxygen atoms in total. The standard InChI is InChI=1S/C22H17Cl4NO/c1-13-3-4-14(2)21(7-13)27-11-15-8-19(25)22(20(26)9-15)28-12-16-5-6-17(23)10-18(16)24/h3-11H,12H2,1-2H3. The maximum Gasteiger partial charge on any atom is 0.157 e. The fraction of sp³-hybridized carbons (Fsp3) is 0.136. The van der Waals surface area contributed by atoms with Crippen molar-refractivity contribution >= 4 is 58.3 Å². The van der Waals surface area contributed by atoms with E-state index in [1.165, 1.54) is 0 Å². The van der Waals surface area contributed by atoms with Crippen molar-refractivity contribution in [1.82, 2.24) is 0 Å². The average Bonchev–Trinajstić information content (AvgIpc) is 2.63. The number of benzene rings is 3.